The zero-order valence-corrected chi connectivity index (χ0v) is 14.5. The summed E-state index contributed by atoms with van der Waals surface area (Å²) in [4.78, 5) is 28.6. The fourth-order valence-corrected chi connectivity index (χ4v) is 1.89. The van der Waals surface area contributed by atoms with Gasteiger partial charge in [-0.2, -0.15) is 0 Å². The third-order valence-electron chi connectivity index (χ3n) is 3.22. The summed E-state index contributed by atoms with van der Waals surface area (Å²) in [6.07, 6.45) is 0. The van der Waals surface area contributed by atoms with E-state index in [0.717, 1.165) is 11.3 Å². The molecule has 10 nitrogen and oxygen atoms in total. The van der Waals surface area contributed by atoms with Gasteiger partial charge in [0.25, 0.3) is 5.69 Å². The summed E-state index contributed by atoms with van der Waals surface area (Å²) in [5.74, 6) is -2.30. The second kappa shape index (κ2) is 10.2. The maximum absolute atomic E-state index is 10.8. The smallest absolute Gasteiger partial charge is 0.414 e. The van der Waals surface area contributed by atoms with Crippen molar-refractivity contribution in [1.29, 1.82) is 0 Å². The number of non-ortho nitro benzene ring substituents is 1. The molecular weight excluding hydrogens is 360 g/mol. The van der Waals surface area contributed by atoms with Crippen LogP contribution in [0.5, 0.6) is 11.5 Å². The monoisotopic (exact) mass is 378 g/mol. The molecule has 0 saturated carbocycles. The summed E-state index contributed by atoms with van der Waals surface area (Å²) in [5.41, 5.74) is 1.64. The third-order valence-corrected chi connectivity index (χ3v) is 3.22. The Hall–Kier alpha value is -3.82. The van der Waals surface area contributed by atoms with Gasteiger partial charge in [0, 0.05) is 18.7 Å². The van der Waals surface area contributed by atoms with Crippen molar-refractivity contribution >= 4 is 23.3 Å². The van der Waals surface area contributed by atoms with Crippen LogP contribution in [-0.4, -0.2) is 41.3 Å². The van der Waals surface area contributed by atoms with Crippen molar-refractivity contribution in [3.8, 4) is 11.5 Å². The molecule has 0 bridgehead atoms. The molecule has 0 atom stereocenters. The highest BCUT2D eigenvalue weighted by atomic mass is 16.6. The van der Waals surface area contributed by atoms with Crippen LogP contribution in [0.3, 0.4) is 0 Å². The van der Waals surface area contributed by atoms with Crippen LogP contribution in [0.2, 0.25) is 0 Å². The third kappa shape index (κ3) is 6.90. The van der Waals surface area contributed by atoms with Gasteiger partial charge in [-0.05, 0) is 23.8 Å². The normalized spacial score (nSPS) is 9.41. The number of ether oxygens (including phenoxy) is 2. The van der Waals surface area contributed by atoms with Crippen molar-refractivity contribution in [2.45, 2.75) is 6.54 Å². The molecule has 0 radical (unpaired) electrons. The highest BCUT2D eigenvalue weighted by molar-refractivity contribution is 6.27. The summed E-state index contributed by atoms with van der Waals surface area (Å²) in [6.45, 7) is 0.529. The number of hydrogen-bond donors (Lipinski definition) is 3. The molecule has 0 amide bonds. The number of hydrogen-bond acceptors (Lipinski definition) is 7. The lowest BCUT2D eigenvalue weighted by molar-refractivity contribution is -0.384. The Morgan fingerprint density at radius 1 is 1.04 bits per heavy atom. The summed E-state index contributed by atoms with van der Waals surface area (Å²) >= 11 is 0. The second-order valence-electron chi connectivity index (χ2n) is 4.95. The van der Waals surface area contributed by atoms with Gasteiger partial charge in [0.2, 0.25) is 0 Å². The van der Waals surface area contributed by atoms with Gasteiger partial charge in [-0.3, -0.25) is 10.1 Å². The molecule has 0 aliphatic rings. The number of carbonyl (C=O) groups is 2. The number of carboxylic acid groups (broad SMARTS) is 2. The lowest BCUT2D eigenvalue weighted by atomic mass is 10.2. The van der Waals surface area contributed by atoms with Gasteiger partial charge in [0.15, 0.2) is 0 Å². The fraction of sp³-hybridized carbons (Fsp3) is 0.176. The van der Waals surface area contributed by atoms with E-state index in [9.17, 15) is 10.1 Å². The molecule has 0 fully saturated rings. The molecule has 0 aromatic heterocycles. The maximum atomic E-state index is 10.8. The van der Waals surface area contributed by atoms with Gasteiger partial charge < -0.3 is 25.0 Å². The minimum Gasteiger partial charge on any atom is -0.497 e. The minimum atomic E-state index is -1.82. The number of rotatable bonds is 6. The number of methoxy groups -OCH3 is 2. The second-order valence-corrected chi connectivity index (χ2v) is 4.95. The maximum Gasteiger partial charge on any atom is 0.414 e. The molecule has 2 rings (SSSR count). The number of benzene rings is 2. The predicted molar refractivity (Wildman–Crippen MR) is 95.2 cm³/mol. The van der Waals surface area contributed by atoms with Crippen LogP contribution in [0.15, 0.2) is 42.5 Å². The van der Waals surface area contributed by atoms with Gasteiger partial charge in [0.05, 0.1) is 24.8 Å². The first-order valence-corrected chi connectivity index (χ1v) is 7.44. The lowest BCUT2D eigenvalue weighted by Gasteiger charge is -2.11. The quantitative estimate of drug-likeness (QED) is 0.391. The van der Waals surface area contributed by atoms with E-state index in [2.05, 4.69) is 5.32 Å². The molecule has 0 spiro atoms. The minimum absolute atomic E-state index is 0.0213. The van der Waals surface area contributed by atoms with Crippen molar-refractivity contribution in [2.75, 3.05) is 19.5 Å². The zero-order valence-electron chi connectivity index (χ0n) is 14.5. The van der Waals surface area contributed by atoms with Crippen molar-refractivity contribution in [3.63, 3.8) is 0 Å². The Balaban J connectivity index is 0.000000527. The van der Waals surface area contributed by atoms with Crippen LogP contribution in [0.1, 0.15) is 5.56 Å². The van der Waals surface area contributed by atoms with E-state index < -0.39 is 16.9 Å². The lowest BCUT2D eigenvalue weighted by Crippen LogP contribution is -2.09. The molecule has 27 heavy (non-hydrogen) atoms. The van der Waals surface area contributed by atoms with Gasteiger partial charge in [-0.25, -0.2) is 9.59 Å². The molecule has 0 heterocycles. The highest BCUT2D eigenvalue weighted by Crippen LogP contribution is 2.29. The van der Waals surface area contributed by atoms with E-state index in [-0.39, 0.29) is 5.69 Å². The molecule has 2 aromatic carbocycles. The molecule has 3 N–H and O–H groups in total. The van der Waals surface area contributed by atoms with Crippen LogP contribution in [-0.2, 0) is 16.1 Å². The Bertz CT molecular complexity index is 793. The number of carboxylic acids is 2. The molecule has 0 saturated heterocycles. The van der Waals surface area contributed by atoms with Gasteiger partial charge in [-0.15, -0.1) is 0 Å². The number of nitrogens with zero attached hydrogens (tertiary/aromatic N) is 1. The van der Waals surface area contributed by atoms with Crippen molar-refractivity contribution in [3.05, 3.63) is 58.1 Å². The van der Waals surface area contributed by atoms with Gasteiger partial charge in [0.1, 0.15) is 11.5 Å². The molecule has 2 aromatic rings. The first-order chi connectivity index (χ1) is 12.8. The highest BCUT2D eigenvalue weighted by Gasteiger charge is 2.11. The van der Waals surface area contributed by atoms with E-state index >= 15 is 0 Å². The Kier molecular flexibility index (Phi) is 8.04. The van der Waals surface area contributed by atoms with Gasteiger partial charge in [-0.1, -0.05) is 12.1 Å². The van der Waals surface area contributed by atoms with Crippen LogP contribution in [0.4, 0.5) is 11.4 Å². The topological polar surface area (TPSA) is 148 Å². The van der Waals surface area contributed by atoms with Crippen LogP contribution in [0, 0.1) is 10.1 Å². The average Bonchev–Trinajstić information content (AvgIpc) is 2.66. The van der Waals surface area contributed by atoms with Crippen LogP contribution < -0.4 is 14.8 Å². The van der Waals surface area contributed by atoms with Crippen molar-refractivity contribution in [2.24, 2.45) is 0 Å². The number of nitrogens with one attached hydrogen (secondary N) is 1. The molecular formula is C17H18N2O8. The molecule has 0 unspecified atom stereocenters. The number of anilines is 1. The summed E-state index contributed by atoms with van der Waals surface area (Å²) in [5, 5.41) is 28.7. The van der Waals surface area contributed by atoms with Crippen molar-refractivity contribution in [1.82, 2.24) is 0 Å². The van der Waals surface area contributed by atoms with E-state index in [0.29, 0.717) is 18.0 Å². The van der Waals surface area contributed by atoms with E-state index in [4.69, 9.17) is 29.3 Å². The summed E-state index contributed by atoms with van der Waals surface area (Å²) < 4.78 is 10.3. The van der Waals surface area contributed by atoms with E-state index in [1.54, 1.807) is 13.2 Å². The first kappa shape index (κ1) is 21.2. The molecule has 0 aliphatic carbocycles. The number of nitro groups is 1. The predicted octanol–water partition coefficient (Wildman–Crippen LogP) is 2.38. The van der Waals surface area contributed by atoms with E-state index in [1.807, 2.05) is 24.3 Å². The van der Waals surface area contributed by atoms with Crippen LogP contribution >= 0.6 is 0 Å². The largest absolute Gasteiger partial charge is 0.497 e. The zero-order chi connectivity index (χ0) is 20.4. The van der Waals surface area contributed by atoms with Gasteiger partial charge >= 0.3 is 11.9 Å². The number of nitro benzene ring substituents is 1. The summed E-state index contributed by atoms with van der Waals surface area (Å²) in [7, 11) is 3.14. The fourth-order valence-electron chi connectivity index (χ4n) is 1.89. The van der Waals surface area contributed by atoms with Crippen molar-refractivity contribution < 1.29 is 34.2 Å². The first-order valence-electron chi connectivity index (χ1n) is 7.44. The average molecular weight is 378 g/mol. The number of aliphatic carboxylic acids is 2. The molecule has 144 valence electrons. The molecule has 0 aliphatic heterocycles. The Morgan fingerprint density at radius 3 is 2.07 bits per heavy atom. The Labute approximate surface area is 154 Å². The molecule has 10 heteroatoms. The van der Waals surface area contributed by atoms with Crippen LogP contribution in [0.25, 0.3) is 0 Å². The Morgan fingerprint density at radius 2 is 1.63 bits per heavy atom. The SMILES string of the molecule is COc1ccc(CNc2cc([N+](=O)[O-])ccc2OC)cc1.O=C(O)C(=O)O. The van der Waals surface area contributed by atoms with E-state index in [1.165, 1.54) is 19.2 Å². The standard InChI is InChI=1S/C15H16N2O4.C2H2O4/c1-20-13-6-3-11(4-7-13)10-16-14-9-12(17(18)19)5-8-15(14)21-2;3-1(4)2(5)6/h3-9,16H,10H2,1-2H3;(H,3,4)(H,5,6). The summed E-state index contributed by atoms with van der Waals surface area (Å²) in [6, 6.07) is 12.0.